The van der Waals surface area contributed by atoms with Crippen molar-refractivity contribution in [2.75, 3.05) is 25.3 Å². The second-order valence-corrected chi connectivity index (χ2v) is 7.50. The number of benzene rings is 1. The minimum Gasteiger partial charge on any atom is -0.491 e. The first-order valence-corrected chi connectivity index (χ1v) is 7.84. The van der Waals surface area contributed by atoms with Crippen molar-refractivity contribution in [2.24, 2.45) is 0 Å². The minimum atomic E-state index is -2.37. The summed E-state index contributed by atoms with van der Waals surface area (Å²) in [5.41, 5.74) is 1.28. The second kappa shape index (κ2) is 4.08. The second-order valence-electron chi connectivity index (χ2n) is 4.32. The lowest BCUT2D eigenvalue weighted by molar-refractivity contribution is 0.209. The van der Waals surface area contributed by atoms with Gasteiger partial charge in [-0.3, -0.25) is 5.32 Å². The molecule has 0 radical (unpaired) electrons. The van der Waals surface area contributed by atoms with Crippen LogP contribution in [0.25, 0.3) is 0 Å². The van der Waals surface area contributed by atoms with Crippen molar-refractivity contribution in [2.45, 2.75) is 6.42 Å². The maximum atomic E-state index is 12.1. The number of carboxylic acid groups (broad SMARTS) is 1. The first-order chi connectivity index (χ1) is 7.89. The van der Waals surface area contributed by atoms with E-state index in [9.17, 15) is 9.36 Å². The summed E-state index contributed by atoms with van der Waals surface area (Å²) in [6.45, 7) is 3.90. The van der Waals surface area contributed by atoms with Gasteiger partial charge in [0.25, 0.3) is 0 Å². The van der Waals surface area contributed by atoms with Crippen molar-refractivity contribution in [3.8, 4) is 5.75 Å². The Labute approximate surface area is 99.2 Å². The van der Waals surface area contributed by atoms with Crippen molar-refractivity contribution >= 4 is 24.2 Å². The number of fused-ring (bicyclic) bond motifs is 1. The molecule has 1 aliphatic heterocycles. The normalized spacial score (nSPS) is 14.0. The fourth-order valence-corrected chi connectivity index (χ4v) is 3.29. The number of nitrogens with one attached hydrogen (secondary N) is 1. The van der Waals surface area contributed by atoms with Crippen molar-refractivity contribution < 1.29 is 19.2 Å². The van der Waals surface area contributed by atoms with E-state index in [0.717, 1.165) is 10.9 Å². The van der Waals surface area contributed by atoms with Gasteiger partial charge in [-0.2, -0.15) is 0 Å². The molecule has 1 aromatic carbocycles. The Hall–Kier alpha value is -1.48. The standard InChI is InChI=1S/C11H14NO4P/c1-17(2,15)9-4-3-8(12-11(13)14)10-7(9)5-6-16-10/h3-4,12H,5-6H2,1-2H3,(H,13,14). The van der Waals surface area contributed by atoms with Crippen LogP contribution < -0.4 is 15.4 Å². The minimum absolute atomic E-state index is 0.419. The van der Waals surface area contributed by atoms with Crippen LogP contribution in [0.4, 0.5) is 10.5 Å². The number of carbonyl (C=O) groups is 1. The van der Waals surface area contributed by atoms with Crippen LogP contribution in [0.1, 0.15) is 5.56 Å². The van der Waals surface area contributed by atoms with Crippen LogP contribution in [-0.4, -0.2) is 31.1 Å². The van der Waals surface area contributed by atoms with Gasteiger partial charge in [-0.15, -0.1) is 0 Å². The van der Waals surface area contributed by atoms with Gasteiger partial charge in [0, 0.05) is 17.3 Å². The predicted octanol–water partition coefficient (Wildman–Crippen LogP) is 1.96. The van der Waals surface area contributed by atoms with Gasteiger partial charge in [0.2, 0.25) is 0 Å². The van der Waals surface area contributed by atoms with E-state index in [1.54, 1.807) is 25.5 Å². The summed E-state index contributed by atoms with van der Waals surface area (Å²) in [5.74, 6) is 0.522. The Balaban J connectivity index is 2.53. The van der Waals surface area contributed by atoms with Crippen LogP contribution in [0, 0.1) is 0 Å². The molecule has 1 aliphatic rings. The molecule has 17 heavy (non-hydrogen) atoms. The van der Waals surface area contributed by atoms with Gasteiger partial charge in [0.1, 0.15) is 12.9 Å². The predicted molar refractivity (Wildman–Crippen MR) is 66.4 cm³/mol. The average Bonchev–Trinajstić information content (AvgIpc) is 2.63. The van der Waals surface area contributed by atoms with Crippen LogP contribution in [0.15, 0.2) is 12.1 Å². The Morgan fingerprint density at radius 1 is 1.47 bits per heavy atom. The lowest BCUT2D eigenvalue weighted by Crippen LogP contribution is -2.12. The summed E-state index contributed by atoms with van der Waals surface area (Å²) in [6, 6.07) is 3.33. The van der Waals surface area contributed by atoms with E-state index in [0.29, 0.717) is 24.5 Å². The molecule has 6 heteroatoms. The molecule has 0 fully saturated rings. The first-order valence-electron chi connectivity index (χ1n) is 5.24. The van der Waals surface area contributed by atoms with Crippen molar-refractivity contribution in [1.29, 1.82) is 0 Å². The molecule has 5 nitrogen and oxygen atoms in total. The highest BCUT2D eigenvalue weighted by atomic mass is 31.2. The number of anilines is 1. The quantitative estimate of drug-likeness (QED) is 0.792. The molecule has 1 amide bonds. The molecule has 0 aromatic heterocycles. The number of hydrogen-bond acceptors (Lipinski definition) is 3. The van der Waals surface area contributed by atoms with Gasteiger partial charge < -0.3 is 14.4 Å². The van der Waals surface area contributed by atoms with Gasteiger partial charge >= 0.3 is 6.09 Å². The average molecular weight is 255 g/mol. The number of ether oxygens (including phenoxy) is 1. The van der Waals surface area contributed by atoms with Gasteiger partial charge in [-0.25, -0.2) is 4.79 Å². The lowest BCUT2D eigenvalue weighted by atomic mass is 10.1. The van der Waals surface area contributed by atoms with Crippen LogP contribution in [-0.2, 0) is 11.0 Å². The summed E-state index contributed by atoms with van der Waals surface area (Å²) < 4.78 is 17.5. The van der Waals surface area contributed by atoms with Crippen LogP contribution in [0.5, 0.6) is 5.75 Å². The third kappa shape index (κ3) is 2.29. The molecule has 2 N–H and O–H groups in total. The lowest BCUT2D eigenvalue weighted by Gasteiger charge is -2.14. The molecule has 92 valence electrons. The summed E-state index contributed by atoms with van der Waals surface area (Å²) in [4.78, 5) is 10.6. The van der Waals surface area contributed by atoms with Gasteiger partial charge in [0.15, 0.2) is 0 Å². The van der Waals surface area contributed by atoms with E-state index in [4.69, 9.17) is 9.84 Å². The molecular weight excluding hydrogens is 241 g/mol. The molecule has 0 atom stereocenters. The highest BCUT2D eigenvalue weighted by molar-refractivity contribution is 7.70. The smallest absolute Gasteiger partial charge is 0.409 e. The number of rotatable bonds is 2. The van der Waals surface area contributed by atoms with E-state index in [1.807, 2.05) is 0 Å². The SMILES string of the molecule is CP(C)(=O)c1ccc(NC(=O)O)c2c1CCO2. The first kappa shape index (κ1) is 12.0. The van der Waals surface area contributed by atoms with Crippen molar-refractivity contribution in [1.82, 2.24) is 0 Å². The topological polar surface area (TPSA) is 75.6 Å². The van der Waals surface area contributed by atoms with Gasteiger partial charge in [-0.1, -0.05) is 0 Å². The Bertz CT molecular complexity index is 520. The van der Waals surface area contributed by atoms with E-state index in [-0.39, 0.29) is 0 Å². The molecule has 2 rings (SSSR count). The molecule has 0 aliphatic carbocycles. The molecule has 0 bridgehead atoms. The van der Waals surface area contributed by atoms with E-state index in [2.05, 4.69) is 5.32 Å². The van der Waals surface area contributed by atoms with Crippen molar-refractivity contribution in [3.05, 3.63) is 17.7 Å². The third-order valence-corrected chi connectivity index (χ3v) is 4.24. The Kier molecular flexibility index (Phi) is 2.87. The largest absolute Gasteiger partial charge is 0.491 e. The summed E-state index contributed by atoms with van der Waals surface area (Å²) >= 11 is 0. The molecule has 1 aromatic rings. The van der Waals surface area contributed by atoms with Gasteiger partial charge in [-0.05, 0) is 25.5 Å². The molecule has 1 heterocycles. The Morgan fingerprint density at radius 2 is 2.18 bits per heavy atom. The maximum absolute atomic E-state index is 12.1. The fourth-order valence-electron chi connectivity index (χ4n) is 2.00. The van der Waals surface area contributed by atoms with E-state index >= 15 is 0 Å². The van der Waals surface area contributed by atoms with Crippen molar-refractivity contribution in [3.63, 3.8) is 0 Å². The molecular formula is C11H14NO4P. The number of amides is 1. The molecule has 0 saturated carbocycles. The molecule has 0 spiro atoms. The van der Waals surface area contributed by atoms with Crippen LogP contribution in [0.3, 0.4) is 0 Å². The monoisotopic (exact) mass is 255 g/mol. The Morgan fingerprint density at radius 3 is 2.76 bits per heavy atom. The van der Waals surface area contributed by atoms with Crippen LogP contribution >= 0.6 is 7.14 Å². The fraction of sp³-hybridized carbons (Fsp3) is 0.364. The van der Waals surface area contributed by atoms with E-state index < -0.39 is 13.2 Å². The zero-order valence-electron chi connectivity index (χ0n) is 9.69. The maximum Gasteiger partial charge on any atom is 0.409 e. The molecule has 0 saturated heterocycles. The highest BCUT2D eigenvalue weighted by Crippen LogP contribution is 2.42. The highest BCUT2D eigenvalue weighted by Gasteiger charge is 2.26. The van der Waals surface area contributed by atoms with Gasteiger partial charge in [0.05, 0.1) is 12.3 Å². The zero-order valence-corrected chi connectivity index (χ0v) is 10.6. The summed E-state index contributed by atoms with van der Waals surface area (Å²) in [6.07, 6.45) is -0.461. The molecule has 0 unspecified atom stereocenters. The summed E-state index contributed by atoms with van der Waals surface area (Å²) in [7, 11) is -2.37. The third-order valence-electron chi connectivity index (χ3n) is 2.66. The van der Waals surface area contributed by atoms with E-state index in [1.165, 1.54) is 0 Å². The number of hydrogen-bond donors (Lipinski definition) is 2. The summed E-state index contributed by atoms with van der Waals surface area (Å²) in [5, 5.41) is 11.8. The zero-order chi connectivity index (χ0) is 12.6. The van der Waals surface area contributed by atoms with Crippen LogP contribution in [0.2, 0.25) is 0 Å².